The van der Waals surface area contributed by atoms with Crippen LogP contribution in [0.25, 0.3) is 0 Å². The minimum Gasteiger partial charge on any atom is -0.503 e. The first-order valence-electron chi connectivity index (χ1n) is 10.0. The molecule has 0 spiro atoms. The molecule has 2 heterocycles. The summed E-state index contributed by atoms with van der Waals surface area (Å²) in [5.74, 6) is -3.01. The Hall–Kier alpha value is -3.87. The van der Waals surface area contributed by atoms with Gasteiger partial charge >= 0.3 is 5.97 Å². The summed E-state index contributed by atoms with van der Waals surface area (Å²) >= 11 is 0. The molecule has 2 N–H and O–H groups in total. The lowest BCUT2D eigenvalue weighted by atomic mass is 9.83. The van der Waals surface area contributed by atoms with Gasteiger partial charge in [-0.3, -0.25) is 9.59 Å². The molecular weight excluding hydrogens is 396 g/mol. The van der Waals surface area contributed by atoms with E-state index >= 15 is 0 Å². The van der Waals surface area contributed by atoms with Crippen LogP contribution in [0.5, 0.6) is 5.75 Å². The van der Waals surface area contributed by atoms with Crippen molar-refractivity contribution >= 4 is 11.9 Å². The maximum absolute atomic E-state index is 13.0. The lowest BCUT2D eigenvalue weighted by Gasteiger charge is -2.40. The summed E-state index contributed by atoms with van der Waals surface area (Å²) < 4.78 is 1.47. The number of hydrogen-bond acceptors (Lipinski definition) is 4. The Kier molecular flexibility index (Phi) is 5.33. The van der Waals surface area contributed by atoms with Gasteiger partial charge in [0.15, 0.2) is 11.4 Å². The zero-order valence-electron chi connectivity index (χ0n) is 16.9. The number of carboxylic acids is 1. The third-order valence-corrected chi connectivity index (χ3v) is 5.78. The minimum atomic E-state index is -1.45. The molecule has 1 aromatic heterocycles. The van der Waals surface area contributed by atoms with Crippen LogP contribution in [-0.4, -0.2) is 44.6 Å². The van der Waals surface area contributed by atoms with Crippen LogP contribution in [-0.2, 0) is 0 Å². The van der Waals surface area contributed by atoms with Crippen LogP contribution in [0.15, 0.2) is 71.7 Å². The summed E-state index contributed by atoms with van der Waals surface area (Å²) in [6, 6.07) is 19.0. The quantitative estimate of drug-likeness (QED) is 0.663. The first-order valence-corrected chi connectivity index (χ1v) is 10.0. The second kappa shape index (κ2) is 8.10. The zero-order valence-corrected chi connectivity index (χ0v) is 16.9. The monoisotopic (exact) mass is 418 g/mol. The summed E-state index contributed by atoms with van der Waals surface area (Å²) in [7, 11) is 0. The molecule has 0 unspecified atom stereocenters. The van der Waals surface area contributed by atoms with E-state index in [1.165, 1.54) is 10.8 Å². The van der Waals surface area contributed by atoms with Gasteiger partial charge < -0.3 is 19.7 Å². The van der Waals surface area contributed by atoms with Gasteiger partial charge in [0.25, 0.3) is 5.91 Å². The first-order chi connectivity index (χ1) is 14.9. The number of amides is 1. The van der Waals surface area contributed by atoms with Gasteiger partial charge in [-0.25, -0.2) is 4.79 Å². The Bertz CT molecular complexity index is 1150. The Labute approximate surface area is 178 Å². The predicted octanol–water partition coefficient (Wildman–Crippen LogP) is 3.10. The summed E-state index contributed by atoms with van der Waals surface area (Å²) in [6.45, 7) is 2.52. The number of likely N-dealkylation sites (N-methyl/N-ethyl adjacent to an activating group) is 1. The molecule has 3 aromatic rings. The highest BCUT2D eigenvalue weighted by Crippen LogP contribution is 2.40. The molecule has 4 rings (SSSR count). The van der Waals surface area contributed by atoms with Gasteiger partial charge in [0, 0.05) is 25.2 Å². The van der Waals surface area contributed by atoms with Gasteiger partial charge in [-0.05, 0) is 18.1 Å². The van der Waals surface area contributed by atoms with E-state index in [1.807, 2.05) is 67.6 Å². The SMILES string of the molecule is CCN1C[C@H](C(c2ccccc2)c2ccccc2)n2cc(C(=O)O)c(=O)c(O)c2C1=O. The smallest absolute Gasteiger partial charge is 0.341 e. The lowest BCUT2D eigenvalue weighted by Crippen LogP contribution is -2.46. The van der Waals surface area contributed by atoms with Gasteiger partial charge in [0.05, 0.1) is 6.04 Å². The fourth-order valence-corrected chi connectivity index (χ4v) is 4.29. The highest BCUT2D eigenvalue weighted by Gasteiger charge is 2.39. The highest BCUT2D eigenvalue weighted by molar-refractivity contribution is 5.97. The Morgan fingerprint density at radius 1 is 1.03 bits per heavy atom. The van der Waals surface area contributed by atoms with Gasteiger partial charge in [0.2, 0.25) is 5.43 Å². The van der Waals surface area contributed by atoms with E-state index in [1.54, 1.807) is 4.90 Å². The molecule has 2 aromatic carbocycles. The maximum atomic E-state index is 13.0. The molecule has 0 saturated carbocycles. The number of benzene rings is 2. The first kappa shape index (κ1) is 20.4. The number of nitrogens with zero attached hydrogens (tertiary/aromatic N) is 2. The molecule has 158 valence electrons. The summed E-state index contributed by atoms with van der Waals surface area (Å²) in [5, 5.41) is 20.0. The van der Waals surface area contributed by atoms with Crippen molar-refractivity contribution < 1.29 is 19.8 Å². The molecule has 0 radical (unpaired) electrons. The largest absolute Gasteiger partial charge is 0.503 e. The number of aromatic carboxylic acids is 1. The third kappa shape index (κ3) is 3.48. The Morgan fingerprint density at radius 2 is 1.58 bits per heavy atom. The summed E-state index contributed by atoms with van der Waals surface area (Å²) in [5.41, 5.74) is 0.156. The lowest BCUT2D eigenvalue weighted by molar-refractivity contribution is 0.0645. The number of fused-ring (bicyclic) bond motifs is 1. The molecule has 0 saturated heterocycles. The Morgan fingerprint density at radius 3 is 2.06 bits per heavy atom. The van der Waals surface area contributed by atoms with Gasteiger partial charge in [-0.1, -0.05) is 60.7 Å². The van der Waals surface area contributed by atoms with Crippen LogP contribution in [0.2, 0.25) is 0 Å². The van der Waals surface area contributed by atoms with Crippen molar-refractivity contribution in [3.05, 3.63) is 99.5 Å². The van der Waals surface area contributed by atoms with Crippen molar-refractivity contribution in [2.24, 2.45) is 0 Å². The second-order valence-electron chi connectivity index (χ2n) is 7.49. The molecule has 7 heteroatoms. The van der Waals surface area contributed by atoms with Gasteiger partial charge in [0.1, 0.15) is 5.56 Å². The van der Waals surface area contributed by atoms with Crippen LogP contribution in [0.1, 0.15) is 50.9 Å². The van der Waals surface area contributed by atoms with Crippen molar-refractivity contribution in [1.82, 2.24) is 9.47 Å². The molecule has 1 atom stereocenters. The molecule has 7 nitrogen and oxygen atoms in total. The second-order valence-corrected chi connectivity index (χ2v) is 7.49. The maximum Gasteiger partial charge on any atom is 0.341 e. The van der Waals surface area contributed by atoms with Gasteiger partial charge in [-0.15, -0.1) is 0 Å². The number of carbonyl (C=O) groups is 2. The molecule has 0 fully saturated rings. The van der Waals surface area contributed by atoms with Crippen molar-refractivity contribution in [2.75, 3.05) is 13.1 Å². The topological polar surface area (TPSA) is 99.8 Å². The van der Waals surface area contributed by atoms with E-state index < -0.39 is 34.7 Å². The number of rotatable bonds is 5. The number of carbonyl (C=O) groups excluding carboxylic acids is 1. The van der Waals surface area contributed by atoms with Crippen molar-refractivity contribution in [3.8, 4) is 5.75 Å². The van der Waals surface area contributed by atoms with E-state index in [2.05, 4.69) is 0 Å². The van der Waals surface area contributed by atoms with Crippen LogP contribution in [0.3, 0.4) is 0 Å². The van der Waals surface area contributed by atoms with Crippen LogP contribution < -0.4 is 5.43 Å². The van der Waals surface area contributed by atoms with Crippen LogP contribution >= 0.6 is 0 Å². The van der Waals surface area contributed by atoms with E-state index in [0.717, 1.165) is 11.1 Å². The molecule has 1 amide bonds. The Balaban J connectivity index is 2.01. The number of carboxylic acid groups (broad SMARTS) is 1. The predicted molar refractivity (Wildman–Crippen MR) is 115 cm³/mol. The van der Waals surface area contributed by atoms with Crippen molar-refractivity contribution in [1.29, 1.82) is 0 Å². The summed E-state index contributed by atoms with van der Waals surface area (Å²) in [6.07, 6.45) is 1.19. The fourth-order valence-electron chi connectivity index (χ4n) is 4.29. The minimum absolute atomic E-state index is 0.176. The number of hydrogen-bond donors (Lipinski definition) is 2. The molecule has 1 aliphatic rings. The molecule has 0 aliphatic carbocycles. The van der Waals surface area contributed by atoms with Crippen LogP contribution in [0, 0.1) is 0 Å². The average molecular weight is 418 g/mol. The fraction of sp³-hybridized carbons (Fsp3) is 0.208. The van der Waals surface area contributed by atoms with E-state index in [0.29, 0.717) is 13.1 Å². The third-order valence-electron chi connectivity index (χ3n) is 5.78. The van der Waals surface area contributed by atoms with E-state index in [-0.39, 0.29) is 11.6 Å². The zero-order chi connectivity index (χ0) is 22.1. The summed E-state index contributed by atoms with van der Waals surface area (Å²) in [4.78, 5) is 38.7. The highest BCUT2D eigenvalue weighted by atomic mass is 16.4. The van der Waals surface area contributed by atoms with Crippen LogP contribution in [0.4, 0.5) is 0 Å². The number of pyridine rings is 1. The molecule has 0 bridgehead atoms. The molecular formula is C24H22N2O5. The van der Waals surface area contributed by atoms with Crippen molar-refractivity contribution in [3.63, 3.8) is 0 Å². The van der Waals surface area contributed by atoms with E-state index in [9.17, 15) is 24.6 Å². The van der Waals surface area contributed by atoms with E-state index in [4.69, 9.17) is 0 Å². The standard InChI is InChI=1S/C24H22N2O5/c1-2-25-14-18(19(15-9-5-3-6-10-15)16-11-7-4-8-12-16)26-13-17(24(30)31)21(27)22(28)20(26)23(25)29/h3-13,18-19,28H,2,14H2,1H3,(H,30,31)/t18-/m1/s1. The van der Waals surface area contributed by atoms with Crippen molar-refractivity contribution in [2.45, 2.75) is 18.9 Å². The normalized spacial score (nSPS) is 15.7. The van der Waals surface area contributed by atoms with Gasteiger partial charge in [-0.2, -0.15) is 0 Å². The molecule has 1 aliphatic heterocycles. The average Bonchev–Trinajstić information content (AvgIpc) is 2.78. The molecule has 31 heavy (non-hydrogen) atoms. The number of aromatic nitrogens is 1. The number of aromatic hydroxyl groups is 1.